The van der Waals surface area contributed by atoms with Crippen molar-refractivity contribution in [3.05, 3.63) is 64.7 Å². The van der Waals surface area contributed by atoms with Crippen molar-refractivity contribution in [2.75, 3.05) is 0 Å². The maximum absolute atomic E-state index is 5.40. The number of nitrogens with zero attached hydrogens (tertiary/aromatic N) is 1. The van der Waals surface area contributed by atoms with E-state index in [4.69, 9.17) is 4.42 Å². The van der Waals surface area contributed by atoms with Crippen LogP contribution in [-0.2, 0) is 6.54 Å². The van der Waals surface area contributed by atoms with Gasteiger partial charge in [0.05, 0.1) is 17.8 Å². The van der Waals surface area contributed by atoms with Crippen LogP contribution < -0.4 is 5.32 Å². The van der Waals surface area contributed by atoms with Crippen LogP contribution in [0.4, 0.5) is 0 Å². The molecule has 0 amide bonds. The van der Waals surface area contributed by atoms with Gasteiger partial charge in [-0.3, -0.25) is 4.98 Å². The van der Waals surface area contributed by atoms with Crippen molar-refractivity contribution in [3.63, 3.8) is 0 Å². The van der Waals surface area contributed by atoms with Gasteiger partial charge in [-0.05, 0) is 36.8 Å². The molecule has 3 nitrogen and oxygen atoms in total. The van der Waals surface area contributed by atoms with Crippen molar-refractivity contribution in [2.24, 2.45) is 0 Å². The Bertz CT molecular complexity index is 710. The van der Waals surface area contributed by atoms with Crippen molar-refractivity contribution in [1.82, 2.24) is 10.3 Å². The third-order valence-electron chi connectivity index (χ3n) is 3.37. The molecule has 0 aliphatic heterocycles. The number of hydrogen-bond donors (Lipinski definition) is 1. The predicted octanol–water partition coefficient (Wildman–Crippen LogP) is 4.44. The number of aromatic nitrogens is 1. The average molecular weight is 331 g/mol. The minimum atomic E-state index is 0.174. The van der Waals surface area contributed by atoms with Crippen molar-refractivity contribution in [2.45, 2.75) is 19.5 Å². The van der Waals surface area contributed by atoms with Crippen LogP contribution in [0.3, 0.4) is 0 Å². The largest absolute Gasteiger partial charge is 0.468 e. The Morgan fingerprint density at radius 3 is 2.95 bits per heavy atom. The molecule has 1 N–H and O–H groups in total. The lowest BCUT2D eigenvalue weighted by molar-refractivity contribution is 0.430. The maximum atomic E-state index is 5.40. The van der Waals surface area contributed by atoms with Crippen molar-refractivity contribution < 1.29 is 4.42 Å². The van der Waals surface area contributed by atoms with Gasteiger partial charge < -0.3 is 9.73 Å². The number of nitrogens with one attached hydrogen (secondary N) is 1. The molecule has 0 fully saturated rings. The Morgan fingerprint density at radius 2 is 2.15 bits per heavy atom. The van der Waals surface area contributed by atoms with E-state index >= 15 is 0 Å². The van der Waals surface area contributed by atoms with Crippen LogP contribution in [0.1, 0.15) is 24.3 Å². The van der Waals surface area contributed by atoms with E-state index in [1.807, 2.05) is 24.4 Å². The number of furan rings is 1. The van der Waals surface area contributed by atoms with Gasteiger partial charge in [0.25, 0.3) is 0 Å². The lowest BCUT2D eigenvalue weighted by Gasteiger charge is -2.13. The minimum Gasteiger partial charge on any atom is -0.468 e. The number of benzene rings is 1. The van der Waals surface area contributed by atoms with Crippen molar-refractivity contribution >= 4 is 26.8 Å². The lowest BCUT2D eigenvalue weighted by Crippen LogP contribution is -2.17. The molecule has 4 heteroatoms. The summed E-state index contributed by atoms with van der Waals surface area (Å²) in [5.74, 6) is 0.944. The minimum absolute atomic E-state index is 0.174. The first-order valence-corrected chi connectivity index (χ1v) is 7.34. The third kappa shape index (κ3) is 2.62. The Kier molecular flexibility index (Phi) is 3.85. The molecule has 2 aromatic heterocycles. The van der Waals surface area contributed by atoms with Crippen LogP contribution in [0.2, 0.25) is 0 Å². The van der Waals surface area contributed by atoms with E-state index in [2.05, 4.69) is 51.4 Å². The fourth-order valence-corrected chi connectivity index (χ4v) is 2.69. The molecule has 1 aromatic carbocycles. The predicted molar refractivity (Wildman–Crippen MR) is 83.4 cm³/mol. The van der Waals surface area contributed by atoms with Crippen LogP contribution in [0.25, 0.3) is 10.9 Å². The highest BCUT2D eigenvalue weighted by Gasteiger charge is 2.10. The molecule has 0 aliphatic carbocycles. The van der Waals surface area contributed by atoms with Gasteiger partial charge in [0, 0.05) is 22.6 Å². The molecular weight excluding hydrogens is 316 g/mol. The summed E-state index contributed by atoms with van der Waals surface area (Å²) in [5, 5.41) is 4.60. The summed E-state index contributed by atoms with van der Waals surface area (Å²) >= 11 is 3.57. The van der Waals surface area contributed by atoms with E-state index in [1.54, 1.807) is 6.26 Å². The molecule has 2 heterocycles. The van der Waals surface area contributed by atoms with Crippen molar-refractivity contribution in [1.29, 1.82) is 0 Å². The number of fused-ring (bicyclic) bond motifs is 1. The highest BCUT2D eigenvalue weighted by Crippen LogP contribution is 2.25. The molecule has 1 atom stereocenters. The number of hydrogen-bond acceptors (Lipinski definition) is 3. The van der Waals surface area contributed by atoms with Gasteiger partial charge in [-0.2, -0.15) is 0 Å². The highest BCUT2D eigenvalue weighted by atomic mass is 79.9. The number of halogens is 1. The van der Waals surface area contributed by atoms with Gasteiger partial charge in [0.15, 0.2) is 0 Å². The zero-order valence-electron chi connectivity index (χ0n) is 11.1. The quantitative estimate of drug-likeness (QED) is 0.768. The molecular formula is C16H15BrN2O. The van der Waals surface area contributed by atoms with E-state index in [0.717, 1.165) is 27.7 Å². The SMILES string of the molecule is C[C@@H](NCc1ccc(Br)c2cccnc12)c1ccco1. The lowest BCUT2D eigenvalue weighted by atomic mass is 10.1. The zero-order chi connectivity index (χ0) is 13.9. The van der Waals surface area contributed by atoms with Crippen LogP contribution in [-0.4, -0.2) is 4.98 Å². The van der Waals surface area contributed by atoms with E-state index < -0.39 is 0 Å². The second-order valence-corrected chi connectivity index (χ2v) is 5.58. The fraction of sp³-hybridized carbons (Fsp3) is 0.188. The molecule has 0 unspecified atom stereocenters. The van der Waals surface area contributed by atoms with Gasteiger partial charge in [-0.1, -0.05) is 28.1 Å². The van der Waals surface area contributed by atoms with Crippen LogP contribution >= 0.6 is 15.9 Å². The summed E-state index contributed by atoms with van der Waals surface area (Å²) in [6, 6.07) is 12.3. The van der Waals surface area contributed by atoms with Crippen LogP contribution in [0, 0.1) is 0 Å². The summed E-state index contributed by atoms with van der Waals surface area (Å²) in [5.41, 5.74) is 2.21. The first-order chi connectivity index (χ1) is 9.75. The standard InChI is InChI=1S/C16H15BrN2O/c1-11(15-5-3-9-20-15)19-10-12-6-7-14(17)13-4-2-8-18-16(12)13/h2-9,11,19H,10H2,1H3/t11-/m1/s1. The first kappa shape index (κ1) is 13.3. The molecule has 3 aromatic rings. The van der Waals surface area contributed by atoms with E-state index in [0.29, 0.717) is 0 Å². The van der Waals surface area contributed by atoms with Crippen LogP contribution in [0.5, 0.6) is 0 Å². The summed E-state index contributed by atoms with van der Waals surface area (Å²) in [6.45, 7) is 2.84. The Hall–Kier alpha value is -1.65. The van der Waals surface area contributed by atoms with Gasteiger partial charge in [0.1, 0.15) is 5.76 Å². The van der Waals surface area contributed by atoms with Crippen LogP contribution in [0.15, 0.2) is 57.7 Å². The number of pyridine rings is 1. The summed E-state index contributed by atoms with van der Waals surface area (Å²) < 4.78 is 6.48. The molecule has 0 bridgehead atoms. The number of rotatable bonds is 4. The Balaban J connectivity index is 1.83. The molecule has 0 saturated heterocycles. The summed E-state index contributed by atoms with van der Waals surface area (Å²) in [7, 11) is 0. The van der Waals surface area contributed by atoms with E-state index in [9.17, 15) is 0 Å². The van der Waals surface area contributed by atoms with E-state index in [-0.39, 0.29) is 6.04 Å². The molecule has 0 radical (unpaired) electrons. The average Bonchev–Trinajstić information content (AvgIpc) is 3.01. The van der Waals surface area contributed by atoms with Gasteiger partial charge in [-0.15, -0.1) is 0 Å². The molecule has 3 rings (SSSR count). The molecule has 0 spiro atoms. The monoisotopic (exact) mass is 330 g/mol. The van der Waals surface area contributed by atoms with Gasteiger partial charge in [0.2, 0.25) is 0 Å². The summed E-state index contributed by atoms with van der Waals surface area (Å²) in [6.07, 6.45) is 3.53. The first-order valence-electron chi connectivity index (χ1n) is 6.54. The second kappa shape index (κ2) is 5.77. The highest BCUT2D eigenvalue weighted by molar-refractivity contribution is 9.10. The van der Waals surface area contributed by atoms with Crippen molar-refractivity contribution in [3.8, 4) is 0 Å². The zero-order valence-corrected chi connectivity index (χ0v) is 12.7. The normalized spacial score (nSPS) is 12.7. The van der Waals surface area contributed by atoms with Gasteiger partial charge >= 0.3 is 0 Å². The Morgan fingerprint density at radius 1 is 1.25 bits per heavy atom. The van der Waals surface area contributed by atoms with E-state index in [1.165, 1.54) is 5.56 Å². The Labute approximate surface area is 126 Å². The molecule has 20 heavy (non-hydrogen) atoms. The summed E-state index contributed by atoms with van der Waals surface area (Å²) in [4.78, 5) is 4.49. The maximum Gasteiger partial charge on any atom is 0.120 e. The third-order valence-corrected chi connectivity index (χ3v) is 4.06. The molecule has 0 aliphatic rings. The molecule has 0 saturated carbocycles. The van der Waals surface area contributed by atoms with Gasteiger partial charge in [-0.25, -0.2) is 0 Å². The second-order valence-electron chi connectivity index (χ2n) is 4.72. The topological polar surface area (TPSA) is 38.1 Å². The molecule has 102 valence electrons. The fourth-order valence-electron chi connectivity index (χ4n) is 2.24. The smallest absolute Gasteiger partial charge is 0.120 e.